The summed E-state index contributed by atoms with van der Waals surface area (Å²) in [6.07, 6.45) is 7.49. The van der Waals surface area contributed by atoms with E-state index in [1.165, 1.54) is 33.4 Å². The molecule has 0 radical (unpaired) electrons. The topological polar surface area (TPSA) is 0 Å². The first-order chi connectivity index (χ1) is 22.9. The number of hydrogen-bond acceptors (Lipinski definition) is 0. The molecule has 0 nitrogen and oxygen atoms in total. The molecule has 0 saturated heterocycles. The van der Waals surface area contributed by atoms with Gasteiger partial charge in [-0.15, -0.1) is 34.0 Å². The number of halogens is 2. The Morgan fingerprint density at radius 1 is 0.520 bits per heavy atom. The molecule has 2 aliphatic rings. The van der Waals surface area contributed by atoms with E-state index in [0.717, 1.165) is 12.8 Å². The Morgan fingerprint density at radius 3 is 1.14 bits per heavy atom. The predicted molar refractivity (Wildman–Crippen MR) is 233 cm³/mol. The Morgan fingerprint density at radius 2 is 0.860 bits per heavy atom. The van der Waals surface area contributed by atoms with Crippen LogP contribution in [0.5, 0.6) is 0 Å². The van der Waals surface area contributed by atoms with Gasteiger partial charge in [-0.3, -0.25) is 0 Å². The van der Waals surface area contributed by atoms with Crippen LogP contribution in [0.15, 0.2) is 96.1 Å². The third-order valence-corrected chi connectivity index (χ3v) is 52.1. The molecular weight excluding hydrogens is 919 g/mol. The Bertz CT molecular complexity index is 1820. The molecule has 0 aliphatic heterocycles. The summed E-state index contributed by atoms with van der Waals surface area (Å²) in [5.41, 5.74) is 15.6. The maximum atomic E-state index is 2.67. The Kier molecular flexibility index (Phi) is 13.0. The molecular formula is C46H60Br2HfSi. The first kappa shape index (κ1) is 41.2. The molecule has 2 unspecified atom stereocenters. The van der Waals surface area contributed by atoms with E-state index in [9.17, 15) is 0 Å². The van der Waals surface area contributed by atoms with Crippen LogP contribution in [0, 0.1) is 0 Å². The fourth-order valence-corrected chi connectivity index (χ4v) is 50.6. The van der Waals surface area contributed by atoms with Gasteiger partial charge in [-0.1, -0.05) is 0 Å². The number of allylic oxidation sites excluding steroid dienone is 2. The second kappa shape index (κ2) is 15.8. The molecule has 6 rings (SSSR count). The van der Waals surface area contributed by atoms with Crippen molar-refractivity contribution in [3.63, 3.8) is 0 Å². The van der Waals surface area contributed by atoms with E-state index in [-0.39, 0.29) is 34.0 Å². The van der Waals surface area contributed by atoms with E-state index in [2.05, 4.69) is 173 Å². The summed E-state index contributed by atoms with van der Waals surface area (Å²) in [4.78, 5) is 0. The zero-order valence-corrected chi connectivity index (χ0v) is 40.6. The van der Waals surface area contributed by atoms with Crippen molar-refractivity contribution in [3.8, 4) is 0 Å². The molecule has 0 saturated carbocycles. The van der Waals surface area contributed by atoms with E-state index in [1.807, 2.05) is 0 Å². The maximum absolute atomic E-state index is 4.86. The minimum absolute atomic E-state index is 0. The molecule has 0 aromatic heterocycles. The van der Waals surface area contributed by atoms with Gasteiger partial charge in [0.2, 0.25) is 0 Å². The molecule has 266 valence electrons. The molecule has 4 aromatic rings. The fourth-order valence-electron chi connectivity index (χ4n) is 9.65. The first-order valence-corrected chi connectivity index (χ1v) is 34.8. The van der Waals surface area contributed by atoms with Gasteiger partial charge in [-0.25, -0.2) is 0 Å². The van der Waals surface area contributed by atoms with Gasteiger partial charge < -0.3 is 0 Å². The molecule has 2 atom stereocenters. The second-order valence-electron chi connectivity index (χ2n) is 16.2. The minimum atomic E-state index is -4.86. The molecule has 0 amide bonds. The molecule has 50 heavy (non-hydrogen) atoms. The molecule has 0 heterocycles. The van der Waals surface area contributed by atoms with Gasteiger partial charge in [0.15, 0.2) is 0 Å². The van der Waals surface area contributed by atoms with E-state index < -0.39 is 17.1 Å². The summed E-state index contributed by atoms with van der Waals surface area (Å²) in [6.45, 7) is 26.5. The van der Waals surface area contributed by atoms with Crippen LogP contribution in [-0.4, -0.2) is 6.94 Å². The standard InChI is InChI=1S/2C17H23.2C6H5.2BrH.Hf.H2Si/c2*1-6-13-7-15-9-14(11(2)3)10-16(12(4)5)17(15)8-13;2*1-2-4-6-5-3-1;;;;/h2*7-12H,6H2,1-5H3;2*1-5H;2*1H;;1H2. The van der Waals surface area contributed by atoms with Crippen molar-refractivity contribution in [3.05, 3.63) is 141 Å². The first-order valence-electron chi connectivity index (χ1n) is 18.8. The van der Waals surface area contributed by atoms with Crippen molar-refractivity contribution in [2.45, 2.75) is 113 Å². The average molecular weight is 979 g/mol. The SMILES string of the molecule is Br.Br.CCC1=Cc2c(C(C)C)cc(C(C)C)cc2[CH]1[Hf](=[SiH2])([c]1ccccc1)([c]1ccccc1)[CH]1C(CC)=Cc2c(C(C)C)cc(C(C)C)cc21. The molecule has 2 aliphatic carbocycles. The summed E-state index contributed by atoms with van der Waals surface area (Å²) >= 11 is -4.86. The van der Waals surface area contributed by atoms with Crippen LogP contribution in [0.4, 0.5) is 0 Å². The molecule has 0 fully saturated rings. The van der Waals surface area contributed by atoms with Crippen LogP contribution in [0.2, 0.25) is 0 Å². The van der Waals surface area contributed by atoms with Crippen LogP contribution in [-0.2, 0) is 17.1 Å². The number of fused-ring (bicyclic) bond motifs is 2. The van der Waals surface area contributed by atoms with Crippen molar-refractivity contribution in [2.24, 2.45) is 0 Å². The zero-order chi connectivity index (χ0) is 34.6. The normalized spacial score (nSPS) is 17.0. The van der Waals surface area contributed by atoms with Crippen molar-refractivity contribution in [1.82, 2.24) is 0 Å². The molecule has 4 heteroatoms. The van der Waals surface area contributed by atoms with Crippen molar-refractivity contribution >= 4 is 59.7 Å². The van der Waals surface area contributed by atoms with Crippen LogP contribution >= 0.6 is 34.0 Å². The van der Waals surface area contributed by atoms with Crippen LogP contribution in [0.1, 0.15) is 158 Å². The number of hydrogen-bond donors (Lipinski definition) is 0. The molecule has 0 bridgehead atoms. The fraction of sp³-hybridized carbons (Fsp3) is 0.391. The Labute approximate surface area is 327 Å². The van der Waals surface area contributed by atoms with Gasteiger partial charge in [-0.2, -0.15) is 0 Å². The van der Waals surface area contributed by atoms with E-state index in [0.29, 0.717) is 31.0 Å². The van der Waals surface area contributed by atoms with Crippen molar-refractivity contribution < 1.29 is 17.1 Å². The van der Waals surface area contributed by atoms with Crippen LogP contribution in [0.3, 0.4) is 0 Å². The second-order valence-corrected chi connectivity index (χ2v) is 48.7. The van der Waals surface area contributed by atoms with Gasteiger partial charge in [0, 0.05) is 0 Å². The van der Waals surface area contributed by atoms with Crippen molar-refractivity contribution in [1.29, 1.82) is 0 Å². The molecule has 0 N–H and O–H groups in total. The van der Waals surface area contributed by atoms with Crippen LogP contribution in [0.25, 0.3) is 12.2 Å². The number of rotatable bonds is 10. The molecule has 0 spiro atoms. The van der Waals surface area contributed by atoms with Gasteiger partial charge in [-0.05, 0) is 0 Å². The average Bonchev–Trinajstić information content (AvgIpc) is 3.67. The molecule has 4 aromatic carbocycles. The van der Waals surface area contributed by atoms with E-state index in [4.69, 9.17) is 0 Å². The summed E-state index contributed by atoms with van der Waals surface area (Å²) in [7, 11) is 0. The van der Waals surface area contributed by atoms with Gasteiger partial charge in [0.05, 0.1) is 0 Å². The van der Waals surface area contributed by atoms with E-state index >= 15 is 0 Å². The van der Waals surface area contributed by atoms with E-state index in [1.54, 1.807) is 28.9 Å². The quantitative estimate of drug-likeness (QED) is 0.139. The van der Waals surface area contributed by atoms with Crippen molar-refractivity contribution in [2.75, 3.05) is 0 Å². The summed E-state index contributed by atoms with van der Waals surface area (Å²) < 4.78 is 4.04. The summed E-state index contributed by atoms with van der Waals surface area (Å²) in [6, 6.07) is 34.5. The van der Waals surface area contributed by atoms with Gasteiger partial charge in [0.1, 0.15) is 0 Å². The van der Waals surface area contributed by atoms with Crippen LogP contribution < -0.4 is 6.64 Å². The van der Waals surface area contributed by atoms with Gasteiger partial charge in [0.25, 0.3) is 0 Å². The predicted octanol–water partition coefficient (Wildman–Crippen LogP) is 12.6. The summed E-state index contributed by atoms with van der Waals surface area (Å²) in [5, 5.41) is 0. The third kappa shape index (κ3) is 6.39. The summed E-state index contributed by atoms with van der Waals surface area (Å²) in [5.74, 6) is 1.91. The Hall–Kier alpha value is -1.59. The number of benzene rings is 4. The monoisotopic (exact) mass is 978 g/mol. The Balaban J connectivity index is 0.00000281. The zero-order valence-electron chi connectivity index (χ0n) is 32.1. The van der Waals surface area contributed by atoms with Gasteiger partial charge >= 0.3 is 297 Å². The third-order valence-electron chi connectivity index (χ3n) is 12.2.